The summed E-state index contributed by atoms with van der Waals surface area (Å²) >= 11 is 0. The lowest BCUT2D eigenvalue weighted by Crippen LogP contribution is -2.42. The van der Waals surface area contributed by atoms with Gasteiger partial charge in [0.25, 0.3) is 0 Å². The molecule has 16 heavy (non-hydrogen) atoms. The van der Waals surface area contributed by atoms with Gasteiger partial charge in [0.1, 0.15) is 6.54 Å². The number of nitrogens with zero attached hydrogens (tertiary/aromatic N) is 1. The van der Waals surface area contributed by atoms with Crippen LogP contribution in [0.5, 0.6) is 0 Å². The van der Waals surface area contributed by atoms with Crippen LogP contribution in [0.4, 0.5) is 0 Å². The first kappa shape index (κ1) is 13.0. The molecular formula is C11H20N2O3. The Hall–Kier alpha value is -1.10. The lowest BCUT2D eigenvalue weighted by atomic mass is 9.85. The molecule has 5 nitrogen and oxygen atoms in total. The summed E-state index contributed by atoms with van der Waals surface area (Å²) in [6, 6.07) is 0.0891. The van der Waals surface area contributed by atoms with Crippen molar-refractivity contribution in [3.63, 3.8) is 0 Å². The van der Waals surface area contributed by atoms with Gasteiger partial charge in [-0.2, -0.15) is 0 Å². The maximum atomic E-state index is 12.0. The van der Waals surface area contributed by atoms with Crippen molar-refractivity contribution in [2.24, 2.45) is 11.7 Å². The Kier molecular flexibility index (Phi) is 4.73. The number of carbonyl (C=O) groups excluding carboxylic acids is 1. The fourth-order valence-electron chi connectivity index (χ4n) is 2.22. The van der Waals surface area contributed by atoms with E-state index >= 15 is 0 Å². The number of carbonyl (C=O) groups is 2. The molecule has 0 saturated heterocycles. The smallest absolute Gasteiger partial charge is 0.323 e. The van der Waals surface area contributed by atoms with Gasteiger partial charge in [0.05, 0.1) is 0 Å². The average Bonchev–Trinajstić information content (AvgIpc) is 2.24. The van der Waals surface area contributed by atoms with Crippen LogP contribution in [-0.2, 0) is 9.59 Å². The van der Waals surface area contributed by atoms with Crippen molar-refractivity contribution in [1.29, 1.82) is 0 Å². The molecule has 92 valence electrons. The van der Waals surface area contributed by atoms with E-state index in [0.717, 1.165) is 19.3 Å². The van der Waals surface area contributed by atoms with Crippen LogP contribution >= 0.6 is 0 Å². The molecule has 0 spiro atoms. The van der Waals surface area contributed by atoms with Crippen molar-refractivity contribution < 1.29 is 14.7 Å². The summed E-state index contributed by atoms with van der Waals surface area (Å²) in [5, 5.41) is 8.70. The molecule has 1 saturated carbocycles. The van der Waals surface area contributed by atoms with Crippen molar-refractivity contribution in [2.75, 3.05) is 13.1 Å². The van der Waals surface area contributed by atoms with Crippen LogP contribution in [0.3, 0.4) is 0 Å². The summed E-state index contributed by atoms with van der Waals surface area (Å²) in [4.78, 5) is 24.0. The third kappa shape index (κ3) is 3.48. The normalized spacial score (nSPS) is 25.1. The van der Waals surface area contributed by atoms with Crippen LogP contribution in [0.15, 0.2) is 0 Å². The predicted octanol–water partition coefficient (Wildman–Crippen LogP) is 0.437. The number of hydrogen-bond donors (Lipinski definition) is 2. The first-order valence-electron chi connectivity index (χ1n) is 5.80. The van der Waals surface area contributed by atoms with Gasteiger partial charge >= 0.3 is 5.97 Å². The number of amides is 1. The molecule has 0 aromatic rings. The fourth-order valence-corrected chi connectivity index (χ4v) is 2.22. The van der Waals surface area contributed by atoms with E-state index in [1.807, 2.05) is 0 Å². The molecular weight excluding hydrogens is 208 g/mol. The van der Waals surface area contributed by atoms with Crippen LogP contribution in [0.1, 0.15) is 32.6 Å². The molecule has 0 aromatic carbocycles. The molecule has 3 N–H and O–H groups in total. The second-order valence-electron chi connectivity index (χ2n) is 4.37. The molecule has 0 bridgehead atoms. The van der Waals surface area contributed by atoms with Crippen LogP contribution in [0, 0.1) is 5.92 Å². The Balaban J connectivity index is 2.56. The summed E-state index contributed by atoms with van der Waals surface area (Å²) in [7, 11) is 0. The van der Waals surface area contributed by atoms with Gasteiger partial charge in [0.15, 0.2) is 0 Å². The van der Waals surface area contributed by atoms with Gasteiger partial charge in [-0.3, -0.25) is 9.59 Å². The van der Waals surface area contributed by atoms with E-state index in [1.165, 1.54) is 4.90 Å². The minimum absolute atomic E-state index is 0.0555. The molecule has 1 aliphatic carbocycles. The molecule has 0 heterocycles. The number of carboxylic acid groups (broad SMARTS) is 1. The van der Waals surface area contributed by atoms with E-state index in [2.05, 4.69) is 0 Å². The maximum Gasteiger partial charge on any atom is 0.323 e. The third-order valence-electron chi connectivity index (χ3n) is 3.08. The lowest BCUT2D eigenvalue weighted by Gasteiger charge is -2.30. The molecule has 0 aliphatic heterocycles. The Bertz CT molecular complexity index is 268. The number of aliphatic carboxylic acids is 1. The van der Waals surface area contributed by atoms with Crippen LogP contribution in [0.2, 0.25) is 0 Å². The highest BCUT2D eigenvalue weighted by Crippen LogP contribution is 2.24. The lowest BCUT2D eigenvalue weighted by molar-refractivity contribution is -0.146. The Morgan fingerprint density at radius 3 is 2.62 bits per heavy atom. The zero-order chi connectivity index (χ0) is 12.1. The van der Waals surface area contributed by atoms with Gasteiger partial charge in [-0.05, 0) is 26.2 Å². The molecule has 0 radical (unpaired) electrons. The van der Waals surface area contributed by atoms with E-state index in [-0.39, 0.29) is 24.4 Å². The summed E-state index contributed by atoms with van der Waals surface area (Å²) in [5.74, 6) is -1.10. The Morgan fingerprint density at radius 1 is 1.44 bits per heavy atom. The number of hydrogen-bond acceptors (Lipinski definition) is 3. The molecule has 0 aromatic heterocycles. The highest BCUT2D eigenvalue weighted by Gasteiger charge is 2.29. The highest BCUT2D eigenvalue weighted by atomic mass is 16.4. The van der Waals surface area contributed by atoms with Gasteiger partial charge in [-0.1, -0.05) is 6.42 Å². The van der Waals surface area contributed by atoms with Crippen molar-refractivity contribution in [1.82, 2.24) is 4.90 Å². The van der Waals surface area contributed by atoms with Crippen LogP contribution < -0.4 is 5.73 Å². The minimum Gasteiger partial charge on any atom is -0.480 e. The monoisotopic (exact) mass is 228 g/mol. The standard InChI is InChI=1S/C11H20N2O3/c1-2-13(7-10(14)15)11(16)8-4-3-5-9(12)6-8/h8-9H,2-7,12H2,1H3,(H,14,15). The second-order valence-corrected chi connectivity index (χ2v) is 4.37. The van der Waals surface area contributed by atoms with Gasteiger partial charge in [-0.25, -0.2) is 0 Å². The zero-order valence-electron chi connectivity index (χ0n) is 9.69. The SMILES string of the molecule is CCN(CC(=O)O)C(=O)C1CCCC(N)C1. The van der Waals surface area contributed by atoms with Crippen LogP contribution in [-0.4, -0.2) is 41.0 Å². The zero-order valence-corrected chi connectivity index (χ0v) is 9.69. The van der Waals surface area contributed by atoms with Crippen molar-refractivity contribution >= 4 is 11.9 Å². The number of carboxylic acids is 1. The highest BCUT2D eigenvalue weighted by molar-refractivity contribution is 5.83. The summed E-state index contributed by atoms with van der Waals surface area (Å²) in [6.45, 7) is 2.03. The second kappa shape index (κ2) is 5.84. The minimum atomic E-state index is -0.963. The van der Waals surface area contributed by atoms with Gasteiger partial charge in [0.2, 0.25) is 5.91 Å². The molecule has 1 fully saturated rings. The maximum absolute atomic E-state index is 12.0. The number of likely N-dealkylation sites (N-methyl/N-ethyl adjacent to an activating group) is 1. The van der Waals surface area contributed by atoms with Gasteiger partial charge in [0, 0.05) is 18.5 Å². The van der Waals surface area contributed by atoms with Crippen molar-refractivity contribution in [2.45, 2.75) is 38.6 Å². The third-order valence-corrected chi connectivity index (χ3v) is 3.08. The molecule has 1 amide bonds. The Morgan fingerprint density at radius 2 is 2.12 bits per heavy atom. The summed E-state index contributed by atoms with van der Waals surface area (Å²) in [5.41, 5.74) is 5.82. The molecule has 1 rings (SSSR count). The topological polar surface area (TPSA) is 83.6 Å². The first-order valence-corrected chi connectivity index (χ1v) is 5.80. The fraction of sp³-hybridized carbons (Fsp3) is 0.818. The largest absolute Gasteiger partial charge is 0.480 e. The quantitative estimate of drug-likeness (QED) is 0.731. The van der Waals surface area contributed by atoms with E-state index in [4.69, 9.17) is 10.8 Å². The Labute approximate surface area is 95.6 Å². The first-order chi connectivity index (χ1) is 7.54. The van der Waals surface area contributed by atoms with Gasteiger partial charge in [-0.15, -0.1) is 0 Å². The van der Waals surface area contributed by atoms with Gasteiger partial charge < -0.3 is 15.7 Å². The molecule has 1 aliphatic rings. The van der Waals surface area contributed by atoms with E-state index < -0.39 is 5.97 Å². The van der Waals surface area contributed by atoms with Crippen molar-refractivity contribution in [3.8, 4) is 0 Å². The summed E-state index contributed by atoms with van der Waals surface area (Å²) < 4.78 is 0. The van der Waals surface area contributed by atoms with Crippen molar-refractivity contribution in [3.05, 3.63) is 0 Å². The van der Waals surface area contributed by atoms with E-state index in [0.29, 0.717) is 13.0 Å². The number of nitrogens with two attached hydrogens (primary N) is 1. The predicted molar refractivity (Wildman–Crippen MR) is 59.8 cm³/mol. The molecule has 2 atom stereocenters. The molecule has 2 unspecified atom stereocenters. The number of rotatable bonds is 4. The average molecular weight is 228 g/mol. The molecule has 5 heteroatoms. The van der Waals surface area contributed by atoms with E-state index in [9.17, 15) is 9.59 Å². The van der Waals surface area contributed by atoms with E-state index in [1.54, 1.807) is 6.92 Å². The van der Waals surface area contributed by atoms with Crippen LogP contribution in [0.25, 0.3) is 0 Å². The summed E-state index contributed by atoms with van der Waals surface area (Å²) in [6.07, 6.45) is 3.45.